The van der Waals surface area contributed by atoms with Crippen molar-refractivity contribution in [1.82, 2.24) is 10.2 Å². The average Bonchev–Trinajstić information content (AvgIpc) is 2.84. The summed E-state index contributed by atoms with van der Waals surface area (Å²) < 4.78 is 0. The Kier molecular flexibility index (Phi) is 10.2. The van der Waals surface area contributed by atoms with E-state index in [2.05, 4.69) is 5.32 Å². The second-order valence-electron chi connectivity index (χ2n) is 9.09. The van der Waals surface area contributed by atoms with Crippen molar-refractivity contribution in [3.05, 3.63) is 106 Å². The monoisotopic (exact) mass is 510 g/mol. The van der Waals surface area contributed by atoms with Crippen LogP contribution >= 0.6 is 23.2 Å². The number of nitrogens with zero attached hydrogens (tertiary/aromatic N) is 1. The first-order valence-electron chi connectivity index (χ1n) is 11.9. The maximum atomic E-state index is 13.7. The van der Waals surface area contributed by atoms with Crippen LogP contribution in [0.2, 0.25) is 10.0 Å². The van der Waals surface area contributed by atoms with Gasteiger partial charge in [0, 0.05) is 36.0 Å². The van der Waals surface area contributed by atoms with Gasteiger partial charge in [0.1, 0.15) is 6.04 Å². The van der Waals surface area contributed by atoms with Crippen LogP contribution in [0.15, 0.2) is 78.9 Å². The van der Waals surface area contributed by atoms with Gasteiger partial charge in [-0.15, -0.1) is 0 Å². The van der Waals surface area contributed by atoms with Gasteiger partial charge in [0.25, 0.3) is 0 Å². The van der Waals surface area contributed by atoms with E-state index in [0.29, 0.717) is 35.3 Å². The highest BCUT2D eigenvalue weighted by Gasteiger charge is 2.30. The maximum Gasteiger partial charge on any atom is 0.243 e. The summed E-state index contributed by atoms with van der Waals surface area (Å²) in [6.07, 6.45) is 1.16. The van der Waals surface area contributed by atoms with E-state index < -0.39 is 6.04 Å². The molecule has 184 valence electrons. The van der Waals surface area contributed by atoms with Gasteiger partial charge < -0.3 is 10.2 Å². The minimum atomic E-state index is -0.658. The highest BCUT2D eigenvalue weighted by molar-refractivity contribution is 6.31. The first kappa shape index (κ1) is 26.8. The number of hydrogen-bond acceptors (Lipinski definition) is 2. The Hall–Kier alpha value is -2.82. The number of carbonyl (C=O) groups is 2. The zero-order valence-corrected chi connectivity index (χ0v) is 21.7. The Morgan fingerprint density at radius 3 is 2.26 bits per heavy atom. The molecule has 3 rings (SSSR count). The molecule has 0 aliphatic heterocycles. The Labute approximate surface area is 218 Å². The lowest BCUT2D eigenvalue weighted by atomic mass is 10.0. The van der Waals surface area contributed by atoms with E-state index in [1.165, 1.54) is 0 Å². The van der Waals surface area contributed by atoms with Gasteiger partial charge in [-0.1, -0.05) is 97.7 Å². The zero-order chi connectivity index (χ0) is 25.2. The van der Waals surface area contributed by atoms with Crippen molar-refractivity contribution in [2.75, 3.05) is 6.54 Å². The van der Waals surface area contributed by atoms with Crippen molar-refractivity contribution in [3.8, 4) is 0 Å². The smallest absolute Gasteiger partial charge is 0.243 e. The number of amides is 2. The summed E-state index contributed by atoms with van der Waals surface area (Å²) in [5, 5.41) is 4.27. The van der Waals surface area contributed by atoms with Gasteiger partial charge in [0.15, 0.2) is 0 Å². The summed E-state index contributed by atoms with van der Waals surface area (Å²) in [6, 6.07) is 24.1. The number of carbonyl (C=O) groups excluding carboxylic acids is 2. The predicted octanol–water partition coefficient (Wildman–Crippen LogP) is 6.34. The van der Waals surface area contributed by atoms with Gasteiger partial charge in [0.05, 0.1) is 0 Å². The fourth-order valence-corrected chi connectivity index (χ4v) is 4.34. The van der Waals surface area contributed by atoms with Crippen molar-refractivity contribution in [1.29, 1.82) is 0 Å². The number of benzene rings is 3. The van der Waals surface area contributed by atoms with E-state index in [9.17, 15) is 9.59 Å². The van der Waals surface area contributed by atoms with Crippen LogP contribution in [-0.4, -0.2) is 29.3 Å². The van der Waals surface area contributed by atoms with E-state index in [1.807, 2.05) is 86.6 Å². The van der Waals surface area contributed by atoms with Crippen molar-refractivity contribution >= 4 is 35.0 Å². The first-order valence-corrected chi connectivity index (χ1v) is 12.7. The molecule has 2 amide bonds. The van der Waals surface area contributed by atoms with Crippen molar-refractivity contribution in [2.45, 2.75) is 45.7 Å². The largest absolute Gasteiger partial charge is 0.354 e. The van der Waals surface area contributed by atoms with E-state index in [0.717, 1.165) is 16.7 Å². The van der Waals surface area contributed by atoms with Gasteiger partial charge >= 0.3 is 0 Å². The summed E-state index contributed by atoms with van der Waals surface area (Å²) in [4.78, 5) is 28.8. The van der Waals surface area contributed by atoms with Crippen molar-refractivity contribution < 1.29 is 9.59 Å². The fourth-order valence-electron chi connectivity index (χ4n) is 3.89. The maximum absolute atomic E-state index is 13.7. The summed E-state index contributed by atoms with van der Waals surface area (Å²) in [5.74, 6) is 0.0369. The third kappa shape index (κ3) is 8.41. The highest BCUT2D eigenvalue weighted by Crippen LogP contribution is 2.21. The predicted molar refractivity (Wildman–Crippen MR) is 144 cm³/mol. The Balaban J connectivity index is 1.91. The fraction of sp³-hybridized carbons (Fsp3) is 0.310. The molecule has 0 aromatic heterocycles. The molecule has 3 aromatic rings. The Morgan fingerprint density at radius 2 is 1.57 bits per heavy atom. The van der Waals surface area contributed by atoms with Gasteiger partial charge in [-0.05, 0) is 47.2 Å². The first-order chi connectivity index (χ1) is 16.8. The molecule has 35 heavy (non-hydrogen) atoms. The lowest BCUT2D eigenvalue weighted by molar-refractivity contribution is -0.141. The van der Waals surface area contributed by atoms with E-state index in [1.54, 1.807) is 11.0 Å². The molecule has 1 atom stereocenters. The second-order valence-corrected chi connectivity index (χ2v) is 9.93. The quantitative estimate of drug-likeness (QED) is 0.327. The van der Waals surface area contributed by atoms with Crippen LogP contribution < -0.4 is 5.32 Å². The minimum absolute atomic E-state index is 0.106. The van der Waals surface area contributed by atoms with Crippen LogP contribution in [0.3, 0.4) is 0 Å². The van der Waals surface area contributed by atoms with E-state index in [4.69, 9.17) is 23.2 Å². The molecule has 0 heterocycles. The van der Waals surface area contributed by atoms with Crippen LogP contribution in [0.1, 0.15) is 37.0 Å². The average molecular weight is 511 g/mol. The number of nitrogens with one attached hydrogen (secondary N) is 1. The molecule has 1 N–H and O–H groups in total. The summed E-state index contributed by atoms with van der Waals surface area (Å²) >= 11 is 12.5. The van der Waals surface area contributed by atoms with Gasteiger partial charge in [-0.3, -0.25) is 9.59 Å². The molecule has 0 spiro atoms. The van der Waals surface area contributed by atoms with Crippen LogP contribution in [0.4, 0.5) is 0 Å². The molecule has 0 fully saturated rings. The Bertz CT molecular complexity index is 1120. The minimum Gasteiger partial charge on any atom is -0.354 e. The highest BCUT2D eigenvalue weighted by atomic mass is 35.5. The molecule has 0 unspecified atom stereocenters. The number of halogens is 2. The van der Waals surface area contributed by atoms with Crippen LogP contribution in [-0.2, 0) is 29.0 Å². The third-order valence-electron chi connectivity index (χ3n) is 5.76. The molecule has 6 heteroatoms. The molecule has 0 bridgehead atoms. The standard InChI is InChI=1S/C29H32Cl2N2O2/c1-21(2)19-32-29(35)27(18-22-9-4-3-5-10-22)33(20-23-11-8-13-25(30)17-23)28(34)16-15-24-12-6-7-14-26(24)31/h3-14,17,21,27H,15-16,18-20H2,1-2H3,(H,32,35)/t27-/m1/s1. The molecule has 0 saturated carbocycles. The second kappa shape index (κ2) is 13.3. The number of hydrogen-bond donors (Lipinski definition) is 1. The number of rotatable bonds is 11. The molecular formula is C29H32Cl2N2O2. The summed E-state index contributed by atoms with van der Waals surface area (Å²) in [7, 11) is 0. The lowest BCUT2D eigenvalue weighted by Crippen LogP contribution is -2.51. The van der Waals surface area contributed by atoms with Crippen LogP contribution in [0.25, 0.3) is 0 Å². The summed E-state index contributed by atoms with van der Waals surface area (Å²) in [6.45, 7) is 4.92. The van der Waals surface area contributed by atoms with Crippen molar-refractivity contribution in [3.63, 3.8) is 0 Å². The molecule has 0 aliphatic rings. The topological polar surface area (TPSA) is 49.4 Å². The Morgan fingerprint density at radius 1 is 0.886 bits per heavy atom. The van der Waals surface area contributed by atoms with E-state index in [-0.39, 0.29) is 24.8 Å². The van der Waals surface area contributed by atoms with Gasteiger partial charge in [-0.2, -0.15) is 0 Å². The van der Waals surface area contributed by atoms with Crippen LogP contribution in [0, 0.1) is 5.92 Å². The van der Waals surface area contributed by atoms with Gasteiger partial charge in [-0.25, -0.2) is 0 Å². The molecule has 4 nitrogen and oxygen atoms in total. The molecule has 0 radical (unpaired) electrons. The van der Waals surface area contributed by atoms with Crippen molar-refractivity contribution in [2.24, 2.45) is 5.92 Å². The summed E-state index contributed by atoms with van der Waals surface area (Å²) in [5.41, 5.74) is 2.78. The number of aryl methyl sites for hydroxylation is 1. The molecule has 0 aliphatic carbocycles. The molecule has 3 aromatic carbocycles. The zero-order valence-electron chi connectivity index (χ0n) is 20.2. The third-order valence-corrected chi connectivity index (χ3v) is 6.37. The lowest BCUT2D eigenvalue weighted by Gasteiger charge is -2.32. The SMILES string of the molecule is CC(C)CNC(=O)[C@@H](Cc1ccccc1)N(Cc1cccc(Cl)c1)C(=O)CCc1ccccc1Cl. The van der Waals surface area contributed by atoms with E-state index >= 15 is 0 Å². The molecular weight excluding hydrogens is 479 g/mol. The van der Waals surface area contributed by atoms with Crippen LogP contribution in [0.5, 0.6) is 0 Å². The molecule has 0 saturated heterocycles. The normalized spacial score (nSPS) is 11.8. The van der Waals surface area contributed by atoms with Gasteiger partial charge in [0.2, 0.25) is 11.8 Å².